The maximum Gasteiger partial charge on any atom is 0.0804 e. The molecule has 0 spiro atoms. The fourth-order valence-corrected chi connectivity index (χ4v) is 3.35. The van der Waals surface area contributed by atoms with Crippen molar-refractivity contribution in [2.24, 2.45) is 5.92 Å². The van der Waals surface area contributed by atoms with Crippen molar-refractivity contribution in [2.75, 3.05) is 13.6 Å². The van der Waals surface area contributed by atoms with Crippen molar-refractivity contribution < 1.29 is 5.11 Å². The van der Waals surface area contributed by atoms with E-state index in [2.05, 4.69) is 38.0 Å². The quantitative estimate of drug-likeness (QED) is 0.875. The highest BCUT2D eigenvalue weighted by atomic mass is 16.3. The van der Waals surface area contributed by atoms with Gasteiger partial charge in [-0.2, -0.15) is 0 Å². The van der Waals surface area contributed by atoms with Crippen LogP contribution in [-0.4, -0.2) is 41.7 Å². The van der Waals surface area contributed by atoms with Crippen LogP contribution in [0, 0.1) is 5.92 Å². The molecule has 0 amide bonds. The smallest absolute Gasteiger partial charge is 0.0804 e. The summed E-state index contributed by atoms with van der Waals surface area (Å²) >= 11 is 0. The van der Waals surface area contributed by atoms with E-state index in [1.807, 2.05) is 30.3 Å². The molecule has 1 aliphatic heterocycles. The Balaban J connectivity index is 1.85. The van der Waals surface area contributed by atoms with Crippen LogP contribution in [0.4, 0.5) is 0 Å². The number of benzene rings is 1. The van der Waals surface area contributed by atoms with Crippen LogP contribution in [0.15, 0.2) is 30.3 Å². The minimum Gasteiger partial charge on any atom is -0.388 e. The zero-order valence-electron chi connectivity index (χ0n) is 13.8. The number of likely N-dealkylation sites (tertiary alicyclic amines) is 1. The molecule has 21 heavy (non-hydrogen) atoms. The van der Waals surface area contributed by atoms with Crippen LogP contribution < -0.4 is 5.32 Å². The summed E-state index contributed by atoms with van der Waals surface area (Å²) in [6.07, 6.45) is 1.56. The van der Waals surface area contributed by atoms with Gasteiger partial charge < -0.3 is 15.3 Å². The molecule has 0 saturated carbocycles. The standard InChI is InChI=1S/C18H30N2O/c1-13-12-20(4)15(3)11-17(13)19-14(2)10-18(21)16-8-6-5-7-9-16/h5-9,13-15,17-19,21H,10-12H2,1-4H3. The van der Waals surface area contributed by atoms with Gasteiger partial charge in [-0.3, -0.25) is 0 Å². The summed E-state index contributed by atoms with van der Waals surface area (Å²) in [7, 11) is 2.21. The molecule has 118 valence electrons. The maximum atomic E-state index is 10.3. The zero-order valence-corrected chi connectivity index (χ0v) is 13.8. The number of rotatable bonds is 5. The Hall–Kier alpha value is -0.900. The molecule has 1 fully saturated rings. The Morgan fingerprint density at radius 2 is 1.95 bits per heavy atom. The SMILES string of the molecule is CC(CC(O)c1ccccc1)NC1CC(C)N(C)CC1C. The summed E-state index contributed by atoms with van der Waals surface area (Å²) in [6, 6.07) is 11.5. The number of aliphatic hydroxyl groups is 1. The van der Waals surface area contributed by atoms with E-state index < -0.39 is 0 Å². The number of piperidine rings is 1. The average molecular weight is 290 g/mol. The van der Waals surface area contributed by atoms with Gasteiger partial charge >= 0.3 is 0 Å². The van der Waals surface area contributed by atoms with Crippen LogP contribution in [0.3, 0.4) is 0 Å². The fourth-order valence-electron chi connectivity index (χ4n) is 3.35. The van der Waals surface area contributed by atoms with Gasteiger partial charge in [0.15, 0.2) is 0 Å². The van der Waals surface area contributed by atoms with Crippen molar-refractivity contribution in [3.8, 4) is 0 Å². The van der Waals surface area contributed by atoms with Gasteiger partial charge in [-0.05, 0) is 45.2 Å². The van der Waals surface area contributed by atoms with Crippen molar-refractivity contribution in [1.82, 2.24) is 10.2 Å². The lowest BCUT2D eigenvalue weighted by Crippen LogP contribution is -2.52. The van der Waals surface area contributed by atoms with Crippen LogP contribution in [-0.2, 0) is 0 Å². The van der Waals surface area contributed by atoms with E-state index in [0.717, 1.165) is 18.5 Å². The Morgan fingerprint density at radius 1 is 1.29 bits per heavy atom. The van der Waals surface area contributed by atoms with Gasteiger partial charge in [0.05, 0.1) is 6.10 Å². The molecule has 0 bridgehead atoms. The molecule has 1 aliphatic rings. The number of hydrogen-bond donors (Lipinski definition) is 2. The molecule has 2 N–H and O–H groups in total. The Labute approximate surface area is 129 Å². The fraction of sp³-hybridized carbons (Fsp3) is 0.667. The van der Waals surface area contributed by atoms with Crippen molar-refractivity contribution >= 4 is 0 Å². The molecular weight excluding hydrogens is 260 g/mol. The zero-order chi connectivity index (χ0) is 15.4. The lowest BCUT2D eigenvalue weighted by molar-refractivity contribution is 0.104. The summed E-state index contributed by atoms with van der Waals surface area (Å²) in [4.78, 5) is 2.44. The minimum absolute atomic E-state index is 0.322. The van der Waals surface area contributed by atoms with E-state index in [0.29, 0.717) is 24.0 Å². The summed E-state index contributed by atoms with van der Waals surface area (Å²) in [5.41, 5.74) is 1.01. The van der Waals surface area contributed by atoms with Gasteiger partial charge in [0, 0.05) is 24.7 Å². The molecule has 1 heterocycles. The Bertz CT molecular complexity index is 422. The third kappa shape index (κ3) is 4.53. The van der Waals surface area contributed by atoms with Crippen LogP contribution in [0.5, 0.6) is 0 Å². The van der Waals surface area contributed by atoms with Gasteiger partial charge in [-0.1, -0.05) is 37.3 Å². The summed E-state index contributed by atoms with van der Waals surface area (Å²) in [6.45, 7) is 7.94. The second kappa shape index (κ2) is 7.39. The summed E-state index contributed by atoms with van der Waals surface area (Å²) in [5.74, 6) is 0.655. The first kappa shape index (κ1) is 16.5. The van der Waals surface area contributed by atoms with Crippen molar-refractivity contribution in [3.05, 3.63) is 35.9 Å². The highest BCUT2D eigenvalue weighted by Gasteiger charge is 2.29. The second-order valence-electron chi connectivity index (χ2n) is 6.84. The van der Waals surface area contributed by atoms with Crippen LogP contribution in [0.25, 0.3) is 0 Å². The van der Waals surface area contributed by atoms with Gasteiger partial charge in [-0.15, -0.1) is 0 Å². The largest absolute Gasteiger partial charge is 0.388 e. The molecule has 1 aromatic carbocycles. The maximum absolute atomic E-state index is 10.3. The van der Waals surface area contributed by atoms with Gasteiger partial charge in [0.2, 0.25) is 0 Å². The van der Waals surface area contributed by atoms with Crippen LogP contribution in [0.1, 0.15) is 45.3 Å². The molecule has 3 heteroatoms. The van der Waals surface area contributed by atoms with Crippen LogP contribution >= 0.6 is 0 Å². The molecule has 1 saturated heterocycles. The topological polar surface area (TPSA) is 35.5 Å². The molecule has 0 aromatic heterocycles. The van der Waals surface area contributed by atoms with E-state index in [9.17, 15) is 5.11 Å². The Kier molecular flexibility index (Phi) is 5.80. The molecular formula is C18H30N2O. The monoisotopic (exact) mass is 290 g/mol. The first-order valence-corrected chi connectivity index (χ1v) is 8.16. The molecule has 1 aromatic rings. The normalized spacial score (nSPS) is 30.0. The minimum atomic E-state index is -0.382. The molecule has 5 atom stereocenters. The summed E-state index contributed by atoms with van der Waals surface area (Å²) < 4.78 is 0. The molecule has 0 radical (unpaired) electrons. The van der Waals surface area contributed by atoms with Gasteiger partial charge in [-0.25, -0.2) is 0 Å². The van der Waals surface area contributed by atoms with E-state index in [1.54, 1.807) is 0 Å². The lowest BCUT2D eigenvalue weighted by Gasteiger charge is -2.41. The predicted molar refractivity (Wildman–Crippen MR) is 88.3 cm³/mol. The highest BCUT2D eigenvalue weighted by Crippen LogP contribution is 2.23. The molecule has 2 rings (SSSR count). The van der Waals surface area contributed by atoms with Gasteiger partial charge in [0.1, 0.15) is 0 Å². The predicted octanol–water partition coefficient (Wildman–Crippen LogP) is 2.82. The average Bonchev–Trinajstić information content (AvgIpc) is 2.45. The van der Waals surface area contributed by atoms with Crippen LogP contribution in [0.2, 0.25) is 0 Å². The number of hydrogen-bond acceptors (Lipinski definition) is 3. The Morgan fingerprint density at radius 3 is 2.62 bits per heavy atom. The number of nitrogens with one attached hydrogen (secondary N) is 1. The number of aliphatic hydroxyl groups excluding tert-OH is 1. The molecule has 5 unspecified atom stereocenters. The molecule has 3 nitrogen and oxygen atoms in total. The van der Waals surface area contributed by atoms with E-state index in [1.165, 1.54) is 6.42 Å². The first-order chi connectivity index (χ1) is 9.97. The van der Waals surface area contributed by atoms with Crippen molar-refractivity contribution in [3.63, 3.8) is 0 Å². The van der Waals surface area contributed by atoms with Crippen molar-refractivity contribution in [2.45, 2.75) is 57.8 Å². The molecule has 0 aliphatic carbocycles. The third-order valence-corrected chi connectivity index (χ3v) is 4.87. The van der Waals surface area contributed by atoms with E-state index in [-0.39, 0.29) is 6.10 Å². The lowest BCUT2D eigenvalue weighted by atomic mass is 9.89. The highest BCUT2D eigenvalue weighted by molar-refractivity contribution is 5.17. The second-order valence-corrected chi connectivity index (χ2v) is 6.84. The number of nitrogens with zero attached hydrogens (tertiary/aromatic N) is 1. The van der Waals surface area contributed by atoms with E-state index >= 15 is 0 Å². The first-order valence-electron chi connectivity index (χ1n) is 8.16. The third-order valence-electron chi connectivity index (χ3n) is 4.87. The van der Waals surface area contributed by atoms with Gasteiger partial charge in [0.25, 0.3) is 0 Å². The van der Waals surface area contributed by atoms with Crippen molar-refractivity contribution in [1.29, 1.82) is 0 Å². The van der Waals surface area contributed by atoms with E-state index in [4.69, 9.17) is 0 Å². The summed E-state index contributed by atoms with van der Waals surface area (Å²) in [5, 5.41) is 14.1.